The smallest absolute Gasteiger partial charge is 0.0959 e. The molecule has 0 aliphatic rings. The van der Waals surface area contributed by atoms with Crippen molar-refractivity contribution in [3.63, 3.8) is 0 Å². The van der Waals surface area contributed by atoms with Gasteiger partial charge in [0, 0.05) is 25.4 Å². The van der Waals surface area contributed by atoms with Gasteiger partial charge >= 0.3 is 0 Å². The molecule has 0 radical (unpaired) electrons. The number of aromatic nitrogens is 3. The minimum atomic E-state index is -0.517. The Hall–Kier alpha value is -2.38. The van der Waals surface area contributed by atoms with Crippen LogP contribution in [0.1, 0.15) is 5.56 Å². The predicted octanol–water partition coefficient (Wildman–Crippen LogP) is 5.12. The number of hydrogen-bond donors (Lipinski definition) is 1. The molecule has 0 fully saturated rings. The monoisotopic (exact) mass is 481 g/mol. The average Bonchev–Trinajstić information content (AvgIpc) is 3.21. The van der Waals surface area contributed by atoms with Crippen LogP contribution in [0.4, 0.5) is 0 Å². The van der Waals surface area contributed by atoms with E-state index in [0.29, 0.717) is 13.1 Å². The van der Waals surface area contributed by atoms with Crippen molar-refractivity contribution in [3.8, 4) is 0 Å². The molecule has 0 aliphatic carbocycles. The zero-order chi connectivity index (χ0) is 19.3. The molecule has 0 aliphatic heterocycles. The Morgan fingerprint density at radius 2 is 1.68 bits per heavy atom. The first-order valence-electron chi connectivity index (χ1n) is 9.36. The maximum Gasteiger partial charge on any atom is 0.0959 e. The summed E-state index contributed by atoms with van der Waals surface area (Å²) < 4.78 is 5.49. The summed E-state index contributed by atoms with van der Waals surface area (Å²) in [5.41, 5.74) is 5.58. The van der Waals surface area contributed by atoms with E-state index in [1.807, 2.05) is 35.2 Å². The maximum atomic E-state index is 10.9. The fraction of sp³-hybridized carbons (Fsp3) is 0.174. The standard InChI is InChI=1S/C23H20IN3O/c1-15-6-8-21-18(10-15)19-11-16(24)7-9-22(19)27(21)13-17(28)12-26-14-25-20-4-2-3-5-23(20)26/h2-11,14,17,28H,12-13H2,1H3. The molecule has 0 saturated heterocycles. The second kappa shape index (κ2) is 6.90. The molecule has 28 heavy (non-hydrogen) atoms. The molecule has 2 heterocycles. The van der Waals surface area contributed by atoms with E-state index in [4.69, 9.17) is 0 Å². The molecule has 140 valence electrons. The van der Waals surface area contributed by atoms with Gasteiger partial charge in [-0.3, -0.25) is 0 Å². The lowest BCUT2D eigenvalue weighted by Crippen LogP contribution is -2.21. The van der Waals surface area contributed by atoms with Crippen molar-refractivity contribution in [3.05, 3.63) is 76.1 Å². The van der Waals surface area contributed by atoms with E-state index in [1.165, 1.54) is 19.9 Å². The van der Waals surface area contributed by atoms with Crippen LogP contribution < -0.4 is 0 Å². The van der Waals surface area contributed by atoms with Crippen molar-refractivity contribution >= 4 is 55.4 Å². The SMILES string of the molecule is Cc1ccc2c(c1)c1cc(I)ccc1n2CC(O)Cn1cnc2ccccc21. The van der Waals surface area contributed by atoms with Crippen LogP contribution in [0.5, 0.6) is 0 Å². The molecule has 1 N–H and O–H groups in total. The molecular weight excluding hydrogens is 461 g/mol. The summed E-state index contributed by atoms with van der Waals surface area (Å²) in [5.74, 6) is 0. The topological polar surface area (TPSA) is 43.0 Å². The zero-order valence-electron chi connectivity index (χ0n) is 15.5. The minimum Gasteiger partial charge on any atom is -0.389 e. The van der Waals surface area contributed by atoms with E-state index in [-0.39, 0.29) is 0 Å². The van der Waals surface area contributed by atoms with Gasteiger partial charge in [0.15, 0.2) is 0 Å². The summed E-state index contributed by atoms with van der Waals surface area (Å²) >= 11 is 2.36. The molecule has 5 aromatic rings. The van der Waals surface area contributed by atoms with Crippen molar-refractivity contribution in [2.75, 3.05) is 0 Å². The normalized spacial score (nSPS) is 13.0. The number of imidazole rings is 1. The quantitative estimate of drug-likeness (QED) is 0.363. The average molecular weight is 481 g/mol. The summed E-state index contributed by atoms with van der Waals surface area (Å²) in [6.45, 7) is 3.17. The molecule has 0 bridgehead atoms. The third-order valence-electron chi connectivity index (χ3n) is 5.31. The van der Waals surface area contributed by atoms with E-state index >= 15 is 0 Å². The molecule has 1 unspecified atom stereocenters. The molecular formula is C23H20IN3O. The Balaban J connectivity index is 1.55. The van der Waals surface area contributed by atoms with Gasteiger partial charge < -0.3 is 14.2 Å². The van der Waals surface area contributed by atoms with E-state index in [2.05, 4.69) is 75.5 Å². The summed E-state index contributed by atoms with van der Waals surface area (Å²) in [7, 11) is 0. The number of aryl methyl sites for hydroxylation is 1. The number of aliphatic hydroxyl groups excluding tert-OH is 1. The number of benzene rings is 3. The van der Waals surface area contributed by atoms with Crippen LogP contribution in [-0.2, 0) is 13.1 Å². The fourth-order valence-corrected chi connectivity index (χ4v) is 4.53. The first-order chi connectivity index (χ1) is 13.6. The van der Waals surface area contributed by atoms with Gasteiger partial charge in [-0.05, 0) is 72.0 Å². The van der Waals surface area contributed by atoms with Crippen molar-refractivity contribution < 1.29 is 5.11 Å². The minimum absolute atomic E-state index is 0.512. The van der Waals surface area contributed by atoms with Crippen molar-refractivity contribution in [2.24, 2.45) is 0 Å². The molecule has 1 atom stereocenters. The van der Waals surface area contributed by atoms with Crippen LogP contribution >= 0.6 is 22.6 Å². The lowest BCUT2D eigenvalue weighted by Gasteiger charge is -2.15. The number of hydrogen-bond acceptors (Lipinski definition) is 2. The van der Waals surface area contributed by atoms with E-state index < -0.39 is 6.10 Å². The summed E-state index contributed by atoms with van der Waals surface area (Å²) in [5, 5.41) is 13.4. The van der Waals surface area contributed by atoms with Gasteiger partial charge in [0.1, 0.15) is 0 Å². The first kappa shape index (κ1) is 17.7. The Morgan fingerprint density at radius 1 is 0.929 bits per heavy atom. The van der Waals surface area contributed by atoms with Crippen LogP contribution in [0.15, 0.2) is 67.0 Å². The maximum absolute atomic E-state index is 10.9. The number of fused-ring (bicyclic) bond motifs is 4. The van der Waals surface area contributed by atoms with Gasteiger partial charge in [-0.1, -0.05) is 23.8 Å². The summed E-state index contributed by atoms with van der Waals surface area (Å²) in [6, 6.07) is 21.1. The second-order valence-electron chi connectivity index (χ2n) is 7.33. The summed E-state index contributed by atoms with van der Waals surface area (Å²) in [4.78, 5) is 4.43. The molecule has 2 aromatic heterocycles. The Labute approximate surface area is 176 Å². The van der Waals surface area contributed by atoms with Gasteiger partial charge in [0.05, 0.1) is 36.6 Å². The van der Waals surface area contributed by atoms with Crippen LogP contribution in [0.3, 0.4) is 0 Å². The molecule has 0 saturated carbocycles. The Morgan fingerprint density at radius 3 is 2.54 bits per heavy atom. The number of rotatable bonds is 4. The second-order valence-corrected chi connectivity index (χ2v) is 8.58. The van der Waals surface area contributed by atoms with Crippen LogP contribution in [-0.4, -0.2) is 25.3 Å². The first-order valence-corrected chi connectivity index (χ1v) is 10.4. The van der Waals surface area contributed by atoms with Gasteiger partial charge in [-0.2, -0.15) is 0 Å². The highest BCUT2D eigenvalue weighted by Gasteiger charge is 2.15. The number of para-hydroxylation sites is 2. The van der Waals surface area contributed by atoms with Crippen molar-refractivity contribution in [2.45, 2.75) is 26.1 Å². The zero-order valence-corrected chi connectivity index (χ0v) is 17.7. The van der Waals surface area contributed by atoms with E-state index in [1.54, 1.807) is 0 Å². The molecule has 5 heteroatoms. The lowest BCUT2D eigenvalue weighted by molar-refractivity contribution is 0.138. The number of nitrogens with zero attached hydrogens (tertiary/aromatic N) is 3. The highest BCUT2D eigenvalue weighted by atomic mass is 127. The lowest BCUT2D eigenvalue weighted by atomic mass is 10.1. The Kier molecular flexibility index (Phi) is 4.36. The van der Waals surface area contributed by atoms with Gasteiger partial charge in [-0.25, -0.2) is 4.98 Å². The largest absolute Gasteiger partial charge is 0.389 e. The fourth-order valence-electron chi connectivity index (χ4n) is 4.04. The highest BCUT2D eigenvalue weighted by molar-refractivity contribution is 14.1. The van der Waals surface area contributed by atoms with Crippen LogP contribution in [0.25, 0.3) is 32.8 Å². The Bertz CT molecular complexity index is 1260. The molecule has 0 spiro atoms. The molecule has 4 nitrogen and oxygen atoms in total. The third-order valence-corrected chi connectivity index (χ3v) is 5.98. The summed E-state index contributed by atoms with van der Waals surface area (Å²) in [6.07, 6.45) is 1.29. The van der Waals surface area contributed by atoms with Gasteiger partial charge in [0.25, 0.3) is 0 Å². The third kappa shape index (κ3) is 2.99. The highest BCUT2D eigenvalue weighted by Crippen LogP contribution is 2.31. The molecule has 0 amide bonds. The number of halogens is 1. The van der Waals surface area contributed by atoms with Crippen molar-refractivity contribution in [1.29, 1.82) is 0 Å². The predicted molar refractivity (Wildman–Crippen MR) is 123 cm³/mol. The van der Waals surface area contributed by atoms with Crippen molar-refractivity contribution in [1.82, 2.24) is 14.1 Å². The van der Waals surface area contributed by atoms with Crippen LogP contribution in [0.2, 0.25) is 0 Å². The molecule has 5 rings (SSSR count). The number of aliphatic hydroxyl groups is 1. The molecule has 3 aromatic carbocycles. The van der Waals surface area contributed by atoms with Crippen LogP contribution in [0, 0.1) is 10.5 Å². The van der Waals surface area contributed by atoms with E-state index in [0.717, 1.165) is 22.1 Å². The van der Waals surface area contributed by atoms with Gasteiger partial charge in [0.2, 0.25) is 0 Å². The van der Waals surface area contributed by atoms with Gasteiger partial charge in [-0.15, -0.1) is 0 Å². The van der Waals surface area contributed by atoms with E-state index in [9.17, 15) is 5.11 Å².